The van der Waals surface area contributed by atoms with Gasteiger partial charge in [0.2, 0.25) is 0 Å². The number of hydrogen-bond acceptors (Lipinski definition) is 5. The van der Waals surface area contributed by atoms with Crippen molar-refractivity contribution in [2.24, 2.45) is 0 Å². The Morgan fingerprint density at radius 2 is 2.22 bits per heavy atom. The second kappa shape index (κ2) is 6.22. The lowest BCUT2D eigenvalue weighted by Gasteiger charge is -2.38. The summed E-state index contributed by atoms with van der Waals surface area (Å²) in [6.45, 7) is 2.27. The van der Waals surface area contributed by atoms with Crippen LogP contribution in [0.15, 0.2) is 12.3 Å². The maximum atomic E-state index is 5.59. The van der Waals surface area contributed by atoms with E-state index in [0.717, 1.165) is 37.4 Å². The van der Waals surface area contributed by atoms with Crippen molar-refractivity contribution in [2.45, 2.75) is 31.4 Å². The highest BCUT2D eigenvalue weighted by Gasteiger charge is 2.41. The second-order valence-corrected chi connectivity index (χ2v) is 4.59. The van der Waals surface area contributed by atoms with Crippen molar-refractivity contribution in [1.29, 1.82) is 0 Å². The molecule has 100 valence electrons. The zero-order valence-electron chi connectivity index (χ0n) is 11.1. The number of ether oxygens (including phenoxy) is 2. The fourth-order valence-corrected chi connectivity index (χ4v) is 2.12. The topological polar surface area (TPSA) is 56.3 Å². The Morgan fingerprint density at radius 1 is 1.39 bits per heavy atom. The van der Waals surface area contributed by atoms with Gasteiger partial charge in [0.25, 0.3) is 0 Å². The summed E-state index contributed by atoms with van der Waals surface area (Å²) in [4.78, 5) is 8.96. The molecular formula is C13H21N3O2. The first-order valence-corrected chi connectivity index (χ1v) is 6.38. The third-order valence-corrected chi connectivity index (χ3v) is 3.46. The van der Waals surface area contributed by atoms with Crippen LogP contribution in [0.4, 0.5) is 0 Å². The molecule has 0 spiro atoms. The van der Waals surface area contributed by atoms with E-state index in [1.807, 2.05) is 12.3 Å². The van der Waals surface area contributed by atoms with Gasteiger partial charge in [-0.1, -0.05) is 0 Å². The van der Waals surface area contributed by atoms with E-state index in [1.54, 1.807) is 14.2 Å². The first-order chi connectivity index (χ1) is 8.80. The van der Waals surface area contributed by atoms with E-state index in [2.05, 4.69) is 15.3 Å². The quantitative estimate of drug-likeness (QED) is 0.739. The van der Waals surface area contributed by atoms with Crippen LogP contribution in [0.5, 0.6) is 0 Å². The van der Waals surface area contributed by atoms with Crippen molar-refractivity contribution in [3.05, 3.63) is 23.8 Å². The Morgan fingerprint density at radius 3 is 2.83 bits per heavy atom. The molecule has 0 aliphatic heterocycles. The van der Waals surface area contributed by atoms with Gasteiger partial charge < -0.3 is 14.8 Å². The molecule has 18 heavy (non-hydrogen) atoms. The molecule has 1 saturated carbocycles. The second-order valence-electron chi connectivity index (χ2n) is 4.59. The van der Waals surface area contributed by atoms with Crippen LogP contribution < -0.4 is 5.32 Å². The molecule has 0 amide bonds. The monoisotopic (exact) mass is 251 g/mol. The van der Waals surface area contributed by atoms with Crippen molar-refractivity contribution in [3.8, 4) is 0 Å². The highest BCUT2D eigenvalue weighted by atomic mass is 16.5. The number of hydrogen-bond donors (Lipinski definition) is 1. The van der Waals surface area contributed by atoms with E-state index in [9.17, 15) is 0 Å². The van der Waals surface area contributed by atoms with Crippen molar-refractivity contribution >= 4 is 0 Å². The van der Waals surface area contributed by atoms with Gasteiger partial charge in [0.05, 0.1) is 12.3 Å². The van der Waals surface area contributed by atoms with Crippen LogP contribution in [0, 0.1) is 0 Å². The first kappa shape index (κ1) is 13.4. The minimum atomic E-state index is -0.234. The highest BCUT2D eigenvalue weighted by Crippen LogP contribution is 2.42. The number of nitrogens with zero attached hydrogens (tertiary/aromatic N) is 2. The fourth-order valence-electron chi connectivity index (χ4n) is 2.12. The Labute approximate surface area is 108 Å². The number of rotatable bonds is 7. The SMILES string of the molecule is COCCNCc1ccnc(C2(OC)CCC2)n1. The first-order valence-electron chi connectivity index (χ1n) is 6.38. The van der Waals surface area contributed by atoms with Gasteiger partial charge in [0.15, 0.2) is 5.82 Å². The van der Waals surface area contributed by atoms with Crippen LogP contribution >= 0.6 is 0 Å². The molecule has 0 saturated heterocycles. The van der Waals surface area contributed by atoms with Crippen LogP contribution in [0.25, 0.3) is 0 Å². The molecule has 1 heterocycles. The summed E-state index contributed by atoms with van der Waals surface area (Å²) in [6.07, 6.45) is 5.04. The van der Waals surface area contributed by atoms with Gasteiger partial charge in [-0.25, -0.2) is 9.97 Å². The lowest BCUT2D eigenvalue weighted by Crippen LogP contribution is -2.38. The maximum Gasteiger partial charge on any atom is 0.160 e. The lowest BCUT2D eigenvalue weighted by atomic mass is 9.79. The normalized spacial score (nSPS) is 17.4. The highest BCUT2D eigenvalue weighted by molar-refractivity contribution is 5.11. The zero-order chi connectivity index (χ0) is 12.8. The summed E-state index contributed by atoms with van der Waals surface area (Å²) >= 11 is 0. The summed E-state index contributed by atoms with van der Waals surface area (Å²) in [7, 11) is 3.44. The van der Waals surface area contributed by atoms with E-state index in [0.29, 0.717) is 6.61 Å². The minimum Gasteiger partial charge on any atom is -0.383 e. The number of aromatic nitrogens is 2. The average molecular weight is 251 g/mol. The third-order valence-electron chi connectivity index (χ3n) is 3.46. The molecule has 5 heteroatoms. The Balaban J connectivity index is 1.97. The van der Waals surface area contributed by atoms with Gasteiger partial charge in [-0.2, -0.15) is 0 Å². The van der Waals surface area contributed by atoms with Crippen molar-refractivity contribution in [1.82, 2.24) is 15.3 Å². The summed E-state index contributed by atoms with van der Waals surface area (Å²) in [6, 6.07) is 1.94. The smallest absolute Gasteiger partial charge is 0.160 e. The summed E-state index contributed by atoms with van der Waals surface area (Å²) in [5, 5.41) is 3.28. The van der Waals surface area contributed by atoms with Crippen LogP contribution in [0.3, 0.4) is 0 Å². The molecule has 1 aromatic rings. The molecule has 2 rings (SSSR count). The average Bonchev–Trinajstić information content (AvgIpc) is 2.35. The maximum absolute atomic E-state index is 5.59. The summed E-state index contributed by atoms with van der Waals surface area (Å²) in [5.41, 5.74) is 0.766. The molecule has 0 unspecified atom stereocenters. The van der Waals surface area contributed by atoms with Crippen LogP contribution in [0.2, 0.25) is 0 Å². The van der Waals surface area contributed by atoms with Crippen molar-refractivity contribution in [3.63, 3.8) is 0 Å². The molecule has 0 bridgehead atoms. The minimum absolute atomic E-state index is 0.234. The van der Waals surface area contributed by atoms with Gasteiger partial charge >= 0.3 is 0 Å². The van der Waals surface area contributed by atoms with Gasteiger partial charge in [0, 0.05) is 33.5 Å². The zero-order valence-corrected chi connectivity index (χ0v) is 11.1. The van der Waals surface area contributed by atoms with E-state index >= 15 is 0 Å². The van der Waals surface area contributed by atoms with Crippen LogP contribution in [-0.4, -0.2) is 37.3 Å². The molecule has 0 radical (unpaired) electrons. The standard InChI is InChI=1S/C13H21N3O2/c1-17-9-8-14-10-11-4-7-15-12(16-11)13(18-2)5-3-6-13/h4,7,14H,3,5-6,8-10H2,1-2H3. The van der Waals surface area contributed by atoms with E-state index in [1.165, 1.54) is 6.42 Å². The fraction of sp³-hybridized carbons (Fsp3) is 0.692. The Hall–Kier alpha value is -1.04. The lowest BCUT2D eigenvalue weighted by molar-refractivity contribution is -0.0848. The third kappa shape index (κ3) is 2.85. The number of methoxy groups -OCH3 is 2. The van der Waals surface area contributed by atoms with Gasteiger partial charge in [-0.3, -0.25) is 0 Å². The van der Waals surface area contributed by atoms with Gasteiger partial charge in [0.1, 0.15) is 5.60 Å². The molecule has 1 fully saturated rings. The van der Waals surface area contributed by atoms with Crippen LogP contribution in [-0.2, 0) is 21.6 Å². The van der Waals surface area contributed by atoms with E-state index in [-0.39, 0.29) is 5.60 Å². The molecule has 1 N–H and O–H groups in total. The summed E-state index contributed by atoms with van der Waals surface area (Å²) < 4.78 is 10.6. The molecule has 1 aliphatic rings. The molecule has 1 aliphatic carbocycles. The molecule has 1 aromatic heterocycles. The predicted octanol–water partition coefficient (Wildman–Crippen LogP) is 1.24. The molecule has 5 nitrogen and oxygen atoms in total. The summed E-state index contributed by atoms with van der Waals surface area (Å²) in [5.74, 6) is 0.822. The van der Waals surface area contributed by atoms with E-state index in [4.69, 9.17) is 9.47 Å². The largest absolute Gasteiger partial charge is 0.383 e. The molecule has 0 atom stereocenters. The van der Waals surface area contributed by atoms with Crippen molar-refractivity contribution in [2.75, 3.05) is 27.4 Å². The Bertz CT molecular complexity index is 375. The number of nitrogens with one attached hydrogen (secondary N) is 1. The molecule has 0 aromatic carbocycles. The van der Waals surface area contributed by atoms with Crippen molar-refractivity contribution < 1.29 is 9.47 Å². The van der Waals surface area contributed by atoms with Gasteiger partial charge in [-0.05, 0) is 25.3 Å². The van der Waals surface area contributed by atoms with Gasteiger partial charge in [-0.15, -0.1) is 0 Å². The van der Waals surface area contributed by atoms with Crippen LogP contribution in [0.1, 0.15) is 30.8 Å². The predicted molar refractivity (Wildman–Crippen MR) is 68.2 cm³/mol. The molecular weight excluding hydrogens is 230 g/mol. The van der Waals surface area contributed by atoms with E-state index < -0.39 is 0 Å². The Kier molecular flexibility index (Phi) is 4.63.